The van der Waals surface area contributed by atoms with Gasteiger partial charge in [0.05, 0.1) is 6.10 Å². The molecular weight excluding hydrogens is 272 g/mol. The van der Waals surface area contributed by atoms with Gasteiger partial charge in [0.25, 0.3) is 0 Å². The second-order valence-electron chi connectivity index (χ2n) is 4.43. The fraction of sp³-hybridized carbons (Fsp3) is 0.400. The Bertz CT molecular complexity index is 420. The molecule has 110 valence electrons. The van der Waals surface area contributed by atoms with Crippen LogP contribution in [0.4, 0.5) is 4.79 Å². The lowest BCUT2D eigenvalue weighted by molar-refractivity contribution is 0.173. The molecule has 0 saturated carbocycles. The third-order valence-electron chi connectivity index (χ3n) is 2.69. The van der Waals surface area contributed by atoms with Gasteiger partial charge in [0, 0.05) is 24.6 Å². The minimum atomic E-state index is -0.684. The SMILES string of the molecule is C=CCSCCNC(=O)NCC(O)c1ccc(C)cc1. The Morgan fingerprint density at radius 1 is 1.40 bits per heavy atom. The summed E-state index contributed by atoms with van der Waals surface area (Å²) < 4.78 is 0. The predicted octanol–water partition coefficient (Wildman–Crippen LogP) is 2.25. The summed E-state index contributed by atoms with van der Waals surface area (Å²) in [7, 11) is 0. The van der Waals surface area contributed by atoms with Gasteiger partial charge < -0.3 is 15.7 Å². The molecule has 1 unspecified atom stereocenters. The van der Waals surface area contributed by atoms with E-state index in [0.717, 1.165) is 22.6 Å². The molecule has 0 aromatic heterocycles. The normalized spacial score (nSPS) is 11.7. The third kappa shape index (κ3) is 6.63. The van der Waals surface area contributed by atoms with E-state index < -0.39 is 6.10 Å². The van der Waals surface area contributed by atoms with Crippen LogP contribution in [0.5, 0.6) is 0 Å². The van der Waals surface area contributed by atoms with E-state index in [-0.39, 0.29) is 12.6 Å². The summed E-state index contributed by atoms with van der Waals surface area (Å²) >= 11 is 1.71. The highest BCUT2D eigenvalue weighted by Crippen LogP contribution is 2.12. The van der Waals surface area contributed by atoms with Crippen molar-refractivity contribution in [3.63, 3.8) is 0 Å². The van der Waals surface area contributed by atoms with E-state index in [9.17, 15) is 9.90 Å². The van der Waals surface area contributed by atoms with E-state index in [1.54, 1.807) is 11.8 Å². The van der Waals surface area contributed by atoms with Crippen LogP contribution in [0.3, 0.4) is 0 Å². The summed E-state index contributed by atoms with van der Waals surface area (Å²) in [5, 5.41) is 15.3. The molecule has 0 aliphatic rings. The minimum Gasteiger partial charge on any atom is -0.387 e. The number of hydrogen-bond donors (Lipinski definition) is 3. The number of rotatable bonds is 8. The molecule has 1 aromatic rings. The number of aliphatic hydroxyl groups excluding tert-OH is 1. The Morgan fingerprint density at radius 2 is 2.10 bits per heavy atom. The number of aryl methyl sites for hydroxylation is 1. The van der Waals surface area contributed by atoms with E-state index in [4.69, 9.17) is 0 Å². The van der Waals surface area contributed by atoms with Crippen molar-refractivity contribution in [2.24, 2.45) is 0 Å². The van der Waals surface area contributed by atoms with Crippen molar-refractivity contribution >= 4 is 17.8 Å². The van der Waals surface area contributed by atoms with Crippen LogP contribution in [0.2, 0.25) is 0 Å². The fourth-order valence-corrected chi connectivity index (χ4v) is 2.14. The Balaban J connectivity index is 2.20. The molecule has 0 spiro atoms. The Labute approximate surface area is 124 Å². The first-order valence-corrected chi connectivity index (χ1v) is 7.74. The van der Waals surface area contributed by atoms with Gasteiger partial charge in [-0.25, -0.2) is 4.79 Å². The Morgan fingerprint density at radius 3 is 2.75 bits per heavy atom. The smallest absolute Gasteiger partial charge is 0.314 e. The second kappa shape index (κ2) is 9.44. The van der Waals surface area contributed by atoms with Gasteiger partial charge in [-0.05, 0) is 12.5 Å². The number of nitrogens with one attached hydrogen (secondary N) is 2. The van der Waals surface area contributed by atoms with Crippen LogP contribution in [-0.4, -0.2) is 35.7 Å². The Kier molecular flexibility index (Phi) is 7.84. The number of urea groups is 1. The molecule has 4 nitrogen and oxygen atoms in total. The number of carbonyl (C=O) groups is 1. The largest absolute Gasteiger partial charge is 0.387 e. The molecule has 1 atom stereocenters. The van der Waals surface area contributed by atoms with Gasteiger partial charge in [-0.15, -0.1) is 6.58 Å². The van der Waals surface area contributed by atoms with Crippen LogP contribution in [0.1, 0.15) is 17.2 Å². The van der Waals surface area contributed by atoms with E-state index in [1.807, 2.05) is 37.3 Å². The van der Waals surface area contributed by atoms with E-state index >= 15 is 0 Å². The second-order valence-corrected chi connectivity index (χ2v) is 5.58. The highest BCUT2D eigenvalue weighted by atomic mass is 32.2. The lowest BCUT2D eigenvalue weighted by Gasteiger charge is -2.13. The predicted molar refractivity (Wildman–Crippen MR) is 85.1 cm³/mol. The monoisotopic (exact) mass is 294 g/mol. The number of carbonyl (C=O) groups excluding carboxylic acids is 1. The Hall–Kier alpha value is -1.46. The molecule has 0 aliphatic carbocycles. The molecule has 1 rings (SSSR count). The standard InChI is InChI=1S/C15H22N2O2S/c1-3-9-20-10-8-16-15(19)17-11-14(18)13-6-4-12(2)5-7-13/h3-7,14,18H,1,8-11H2,2H3,(H2,16,17,19). The van der Waals surface area contributed by atoms with Gasteiger partial charge in [0.15, 0.2) is 0 Å². The van der Waals surface area contributed by atoms with Crippen molar-refractivity contribution in [3.8, 4) is 0 Å². The van der Waals surface area contributed by atoms with Crippen LogP contribution in [0.15, 0.2) is 36.9 Å². The van der Waals surface area contributed by atoms with Crippen LogP contribution < -0.4 is 10.6 Å². The summed E-state index contributed by atoms with van der Waals surface area (Å²) in [5.41, 5.74) is 1.95. The summed E-state index contributed by atoms with van der Waals surface area (Å²) in [5.74, 6) is 1.73. The molecule has 0 bridgehead atoms. The lowest BCUT2D eigenvalue weighted by atomic mass is 10.1. The molecule has 1 aromatic carbocycles. The molecule has 0 aliphatic heterocycles. The molecular formula is C15H22N2O2S. The van der Waals surface area contributed by atoms with Gasteiger partial charge in [-0.3, -0.25) is 0 Å². The first-order valence-electron chi connectivity index (χ1n) is 6.58. The van der Waals surface area contributed by atoms with E-state index in [2.05, 4.69) is 17.2 Å². The zero-order valence-corrected chi connectivity index (χ0v) is 12.6. The van der Waals surface area contributed by atoms with E-state index in [0.29, 0.717) is 6.54 Å². The number of amides is 2. The maximum Gasteiger partial charge on any atom is 0.314 e. The quantitative estimate of drug-likeness (QED) is 0.509. The van der Waals surface area contributed by atoms with Gasteiger partial charge in [-0.2, -0.15) is 11.8 Å². The number of hydrogen-bond acceptors (Lipinski definition) is 3. The molecule has 0 radical (unpaired) electrons. The fourth-order valence-electron chi connectivity index (χ4n) is 1.56. The molecule has 0 fully saturated rings. The average Bonchev–Trinajstić information content (AvgIpc) is 2.45. The van der Waals surface area contributed by atoms with Gasteiger partial charge in [0.2, 0.25) is 0 Å². The topological polar surface area (TPSA) is 61.4 Å². The third-order valence-corrected chi connectivity index (χ3v) is 3.65. The summed E-state index contributed by atoms with van der Waals surface area (Å²) in [6.45, 7) is 6.43. The average molecular weight is 294 g/mol. The van der Waals surface area contributed by atoms with Gasteiger partial charge in [-0.1, -0.05) is 35.9 Å². The van der Waals surface area contributed by atoms with E-state index in [1.165, 1.54) is 0 Å². The maximum atomic E-state index is 11.5. The zero-order valence-electron chi connectivity index (χ0n) is 11.8. The van der Waals surface area contributed by atoms with Crippen LogP contribution in [-0.2, 0) is 0 Å². The van der Waals surface area contributed by atoms with Crippen molar-refractivity contribution < 1.29 is 9.90 Å². The van der Waals surface area contributed by atoms with Crippen LogP contribution in [0, 0.1) is 6.92 Å². The van der Waals surface area contributed by atoms with Crippen molar-refractivity contribution in [1.29, 1.82) is 0 Å². The highest BCUT2D eigenvalue weighted by molar-refractivity contribution is 7.99. The molecule has 0 saturated heterocycles. The number of benzene rings is 1. The summed E-state index contributed by atoms with van der Waals surface area (Å²) in [6.07, 6.45) is 1.15. The number of aliphatic hydroxyl groups is 1. The molecule has 2 amide bonds. The van der Waals surface area contributed by atoms with Gasteiger partial charge >= 0.3 is 6.03 Å². The summed E-state index contributed by atoms with van der Waals surface area (Å²) in [4.78, 5) is 11.5. The first kappa shape index (κ1) is 16.6. The number of thioether (sulfide) groups is 1. The first-order chi connectivity index (χ1) is 9.63. The van der Waals surface area contributed by atoms with Crippen molar-refractivity contribution in [1.82, 2.24) is 10.6 Å². The van der Waals surface area contributed by atoms with Crippen molar-refractivity contribution in [2.45, 2.75) is 13.0 Å². The van der Waals surface area contributed by atoms with Crippen LogP contribution >= 0.6 is 11.8 Å². The minimum absolute atomic E-state index is 0.203. The molecule has 0 heterocycles. The molecule has 3 N–H and O–H groups in total. The lowest BCUT2D eigenvalue weighted by Crippen LogP contribution is -2.38. The zero-order chi connectivity index (χ0) is 14.8. The van der Waals surface area contributed by atoms with Crippen LogP contribution in [0.25, 0.3) is 0 Å². The molecule has 5 heteroatoms. The molecule has 20 heavy (non-hydrogen) atoms. The van der Waals surface area contributed by atoms with Gasteiger partial charge in [0.1, 0.15) is 0 Å². The summed E-state index contributed by atoms with van der Waals surface area (Å²) in [6, 6.07) is 7.36. The highest BCUT2D eigenvalue weighted by Gasteiger charge is 2.08. The maximum absolute atomic E-state index is 11.5. The van der Waals surface area contributed by atoms with Crippen molar-refractivity contribution in [3.05, 3.63) is 48.0 Å². The van der Waals surface area contributed by atoms with Crippen molar-refractivity contribution in [2.75, 3.05) is 24.6 Å².